The molecule has 1 aliphatic heterocycles. The third kappa shape index (κ3) is 4.45. The van der Waals surface area contributed by atoms with Gasteiger partial charge < -0.3 is 15.7 Å². The minimum absolute atomic E-state index is 0.0774. The Kier molecular flexibility index (Phi) is 5.85. The van der Waals surface area contributed by atoms with Crippen LogP contribution in [0.1, 0.15) is 58.3 Å². The largest absolute Gasteiger partial charge is 0.394 e. The Morgan fingerprint density at radius 3 is 2.90 bits per heavy atom. The van der Waals surface area contributed by atoms with Crippen molar-refractivity contribution in [3.63, 3.8) is 0 Å². The van der Waals surface area contributed by atoms with Gasteiger partial charge in [-0.3, -0.25) is 4.79 Å². The van der Waals surface area contributed by atoms with E-state index in [0.717, 1.165) is 38.8 Å². The molecule has 1 heterocycles. The molecule has 116 valence electrons. The molecule has 20 heavy (non-hydrogen) atoms. The van der Waals surface area contributed by atoms with E-state index in [4.69, 9.17) is 0 Å². The van der Waals surface area contributed by atoms with E-state index in [9.17, 15) is 9.90 Å². The lowest BCUT2D eigenvalue weighted by molar-refractivity contribution is -0.124. The summed E-state index contributed by atoms with van der Waals surface area (Å²) >= 11 is 0. The van der Waals surface area contributed by atoms with Crippen molar-refractivity contribution in [1.82, 2.24) is 10.6 Å². The quantitative estimate of drug-likeness (QED) is 0.721. The molecule has 0 bridgehead atoms. The van der Waals surface area contributed by atoms with Crippen molar-refractivity contribution in [2.45, 2.75) is 63.8 Å². The first-order chi connectivity index (χ1) is 9.63. The SMILES string of the molecule is CC1CCCC(CO)(NC(=O)CCC2CCCNC2)C1. The third-order valence-electron chi connectivity index (χ3n) is 4.98. The highest BCUT2D eigenvalue weighted by Crippen LogP contribution is 2.32. The highest BCUT2D eigenvalue weighted by Gasteiger charge is 2.35. The van der Waals surface area contributed by atoms with Crippen LogP contribution in [0.25, 0.3) is 0 Å². The first-order valence-corrected chi connectivity index (χ1v) is 8.26. The maximum atomic E-state index is 12.2. The number of aliphatic hydroxyl groups excluding tert-OH is 1. The number of carbonyl (C=O) groups is 1. The zero-order valence-electron chi connectivity index (χ0n) is 12.8. The molecule has 1 saturated heterocycles. The first kappa shape index (κ1) is 15.8. The number of amides is 1. The van der Waals surface area contributed by atoms with Gasteiger partial charge >= 0.3 is 0 Å². The Morgan fingerprint density at radius 1 is 1.40 bits per heavy atom. The van der Waals surface area contributed by atoms with Crippen LogP contribution in [0.5, 0.6) is 0 Å². The highest BCUT2D eigenvalue weighted by molar-refractivity contribution is 5.76. The average Bonchev–Trinajstić information content (AvgIpc) is 2.46. The molecule has 0 radical (unpaired) electrons. The predicted octanol–water partition coefficient (Wildman–Crippen LogP) is 1.82. The van der Waals surface area contributed by atoms with Gasteiger partial charge in [-0.05, 0) is 57.0 Å². The van der Waals surface area contributed by atoms with Crippen molar-refractivity contribution in [3.05, 3.63) is 0 Å². The molecular weight excluding hydrogens is 252 g/mol. The Hall–Kier alpha value is -0.610. The molecule has 2 fully saturated rings. The standard InChI is InChI=1S/C16H30N2O2/c1-13-4-2-8-16(10-13,12-19)18-15(20)7-6-14-5-3-9-17-11-14/h13-14,17,19H,2-12H2,1H3,(H,18,20). The van der Waals surface area contributed by atoms with Crippen LogP contribution in [0, 0.1) is 11.8 Å². The molecule has 2 aliphatic rings. The number of piperidine rings is 1. The molecule has 4 heteroatoms. The van der Waals surface area contributed by atoms with Gasteiger partial charge in [0, 0.05) is 6.42 Å². The molecule has 1 saturated carbocycles. The van der Waals surface area contributed by atoms with Crippen molar-refractivity contribution < 1.29 is 9.90 Å². The van der Waals surface area contributed by atoms with Gasteiger partial charge in [-0.1, -0.05) is 19.8 Å². The van der Waals surface area contributed by atoms with Gasteiger partial charge in [0.1, 0.15) is 0 Å². The van der Waals surface area contributed by atoms with Crippen LogP contribution in [0.15, 0.2) is 0 Å². The Balaban J connectivity index is 1.76. The molecule has 3 N–H and O–H groups in total. The first-order valence-electron chi connectivity index (χ1n) is 8.26. The summed E-state index contributed by atoms with van der Waals surface area (Å²) in [5, 5.41) is 16.2. The predicted molar refractivity (Wildman–Crippen MR) is 80.4 cm³/mol. The fraction of sp³-hybridized carbons (Fsp3) is 0.938. The summed E-state index contributed by atoms with van der Waals surface area (Å²) < 4.78 is 0. The lowest BCUT2D eigenvalue weighted by Gasteiger charge is -2.39. The van der Waals surface area contributed by atoms with E-state index in [1.165, 1.54) is 19.3 Å². The summed E-state index contributed by atoms with van der Waals surface area (Å²) in [6.07, 6.45) is 8.19. The number of rotatable bonds is 5. The lowest BCUT2D eigenvalue weighted by Crippen LogP contribution is -2.53. The molecule has 0 aromatic heterocycles. The molecule has 0 aromatic rings. The molecule has 1 amide bonds. The Morgan fingerprint density at radius 2 is 2.25 bits per heavy atom. The summed E-state index contributed by atoms with van der Waals surface area (Å²) in [4.78, 5) is 12.2. The third-order valence-corrected chi connectivity index (χ3v) is 4.98. The lowest BCUT2D eigenvalue weighted by atomic mass is 9.76. The van der Waals surface area contributed by atoms with E-state index in [-0.39, 0.29) is 18.1 Å². The number of hydrogen-bond acceptors (Lipinski definition) is 3. The second kappa shape index (κ2) is 7.41. The van der Waals surface area contributed by atoms with Gasteiger partial charge in [0.15, 0.2) is 0 Å². The topological polar surface area (TPSA) is 61.4 Å². The molecule has 3 atom stereocenters. The Bertz CT molecular complexity index is 316. The van der Waals surface area contributed by atoms with Crippen LogP contribution >= 0.6 is 0 Å². The smallest absolute Gasteiger partial charge is 0.220 e. The number of carbonyl (C=O) groups excluding carboxylic acids is 1. The van der Waals surface area contributed by atoms with E-state index in [1.807, 2.05) is 0 Å². The van der Waals surface area contributed by atoms with Crippen LogP contribution in [-0.2, 0) is 4.79 Å². The van der Waals surface area contributed by atoms with Crippen LogP contribution in [-0.4, -0.2) is 36.2 Å². The molecule has 2 rings (SSSR count). The maximum Gasteiger partial charge on any atom is 0.220 e. The van der Waals surface area contributed by atoms with Gasteiger partial charge in [-0.2, -0.15) is 0 Å². The van der Waals surface area contributed by atoms with Crippen LogP contribution in [0.3, 0.4) is 0 Å². The Labute approximate surface area is 122 Å². The van der Waals surface area contributed by atoms with E-state index in [0.29, 0.717) is 18.3 Å². The molecule has 3 unspecified atom stereocenters. The zero-order chi connectivity index (χ0) is 14.4. The van der Waals surface area contributed by atoms with Gasteiger partial charge in [0.05, 0.1) is 12.1 Å². The van der Waals surface area contributed by atoms with E-state index < -0.39 is 0 Å². The summed E-state index contributed by atoms with van der Waals surface area (Å²) in [5.41, 5.74) is -0.348. The van der Waals surface area contributed by atoms with E-state index in [2.05, 4.69) is 17.6 Å². The maximum absolute atomic E-state index is 12.2. The van der Waals surface area contributed by atoms with Crippen molar-refractivity contribution in [1.29, 1.82) is 0 Å². The number of hydrogen-bond donors (Lipinski definition) is 3. The molecule has 4 nitrogen and oxygen atoms in total. The minimum Gasteiger partial charge on any atom is -0.394 e. The van der Waals surface area contributed by atoms with Crippen molar-refractivity contribution in [2.24, 2.45) is 11.8 Å². The average molecular weight is 282 g/mol. The monoisotopic (exact) mass is 282 g/mol. The van der Waals surface area contributed by atoms with Crippen molar-refractivity contribution >= 4 is 5.91 Å². The van der Waals surface area contributed by atoms with Gasteiger partial charge in [-0.15, -0.1) is 0 Å². The second-order valence-corrected chi connectivity index (χ2v) is 6.94. The van der Waals surface area contributed by atoms with Crippen molar-refractivity contribution in [2.75, 3.05) is 19.7 Å². The zero-order valence-corrected chi connectivity index (χ0v) is 12.8. The molecule has 0 aromatic carbocycles. The van der Waals surface area contributed by atoms with Gasteiger partial charge in [0.25, 0.3) is 0 Å². The van der Waals surface area contributed by atoms with Crippen molar-refractivity contribution in [3.8, 4) is 0 Å². The van der Waals surface area contributed by atoms with E-state index in [1.54, 1.807) is 0 Å². The van der Waals surface area contributed by atoms with Gasteiger partial charge in [0.2, 0.25) is 5.91 Å². The van der Waals surface area contributed by atoms with E-state index >= 15 is 0 Å². The van der Waals surface area contributed by atoms with Crippen LogP contribution in [0.4, 0.5) is 0 Å². The van der Waals surface area contributed by atoms with Gasteiger partial charge in [-0.25, -0.2) is 0 Å². The van der Waals surface area contributed by atoms with Crippen LogP contribution < -0.4 is 10.6 Å². The normalized spacial score (nSPS) is 34.7. The highest BCUT2D eigenvalue weighted by atomic mass is 16.3. The molecule has 0 spiro atoms. The summed E-state index contributed by atoms with van der Waals surface area (Å²) in [6, 6.07) is 0. The fourth-order valence-electron chi connectivity index (χ4n) is 3.82. The fourth-order valence-corrected chi connectivity index (χ4v) is 3.82. The number of nitrogens with one attached hydrogen (secondary N) is 2. The summed E-state index contributed by atoms with van der Waals surface area (Å²) in [6.45, 7) is 4.46. The van der Waals surface area contributed by atoms with Crippen LogP contribution in [0.2, 0.25) is 0 Å². The summed E-state index contributed by atoms with van der Waals surface area (Å²) in [7, 11) is 0. The second-order valence-electron chi connectivity index (χ2n) is 6.94. The molecule has 1 aliphatic carbocycles. The molecular formula is C16H30N2O2. The summed E-state index contributed by atoms with van der Waals surface area (Å²) in [5.74, 6) is 1.36. The number of aliphatic hydroxyl groups is 1. The minimum atomic E-state index is -0.348.